The molecule has 156 valence electrons. The number of esters is 1. The van der Waals surface area contributed by atoms with Crippen molar-refractivity contribution in [1.29, 1.82) is 0 Å². The van der Waals surface area contributed by atoms with Crippen LogP contribution in [0.5, 0.6) is 0 Å². The molecule has 4 aliphatic rings. The van der Waals surface area contributed by atoms with Gasteiger partial charge < -0.3 is 9.84 Å². The van der Waals surface area contributed by atoms with Crippen LogP contribution in [0.3, 0.4) is 0 Å². The molecule has 0 aromatic rings. The second-order valence-electron chi connectivity index (χ2n) is 10.5. The van der Waals surface area contributed by atoms with Gasteiger partial charge in [-0.3, -0.25) is 14.4 Å². The molecule has 0 bridgehead atoms. The van der Waals surface area contributed by atoms with E-state index < -0.39 is 11.0 Å². The van der Waals surface area contributed by atoms with Gasteiger partial charge in [0, 0.05) is 31.1 Å². The molecule has 5 heteroatoms. The van der Waals surface area contributed by atoms with Crippen molar-refractivity contribution in [2.24, 2.45) is 34.5 Å². The average molecular weight is 391 g/mol. The summed E-state index contributed by atoms with van der Waals surface area (Å²) >= 11 is 0. The Hall–Kier alpha value is -1.23. The summed E-state index contributed by atoms with van der Waals surface area (Å²) in [7, 11) is 0. The molecule has 4 rings (SSSR count). The number of Topliss-reactive ketones (excluding diaryl/α,β-unsaturated/α-hetero) is 2. The summed E-state index contributed by atoms with van der Waals surface area (Å²) in [6.45, 7) is 7.45. The van der Waals surface area contributed by atoms with Crippen molar-refractivity contribution >= 4 is 17.5 Å². The number of ether oxygens (including phenoxy) is 1. The van der Waals surface area contributed by atoms with Crippen LogP contribution in [0.4, 0.5) is 0 Å². The van der Waals surface area contributed by atoms with E-state index >= 15 is 0 Å². The zero-order valence-electron chi connectivity index (χ0n) is 17.6. The highest BCUT2D eigenvalue weighted by molar-refractivity contribution is 5.90. The lowest BCUT2D eigenvalue weighted by molar-refractivity contribution is -0.216. The van der Waals surface area contributed by atoms with E-state index in [-0.39, 0.29) is 53.2 Å². The SMILES string of the molecule is CC(=O)O[C@H]1CC[C@]2(C)[C@H]3CC[C@]4(C)[C@@H](C(C)=O)CC[C@H]4[C@@H]3CC(=O)[C@@]2(O)C1. The lowest BCUT2D eigenvalue weighted by Gasteiger charge is -2.62. The van der Waals surface area contributed by atoms with Crippen LogP contribution in [0.1, 0.15) is 79.1 Å². The summed E-state index contributed by atoms with van der Waals surface area (Å²) in [5, 5.41) is 11.6. The van der Waals surface area contributed by atoms with Crippen LogP contribution < -0.4 is 0 Å². The van der Waals surface area contributed by atoms with E-state index in [0.29, 0.717) is 25.2 Å². The molecule has 4 saturated carbocycles. The van der Waals surface area contributed by atoms with Gasteiger partial charge in [0.25, 0.3) is 0 Å². The van der Waals surface area contributed by atoms with Crippen LogP contribution in [-0.2, 0) is 19.1 Å². The predicted molar refractivity (Wildman–Crippen MR) is 103 cm³/mol. The minimum absolute atomic E-state index is 0.00591. The number of rotatable bonds is 2. The molecule has 0 aromatic carbocycles. The second kappa shape index (κ2) is 6.38. The van der Waals surface area contributed by atoms with Crippen molar-refractivity contribution < 1.29 is 24.2 Å². The topological polar surface area (TPSA) is 80.7 Å². The summed E-state index contributed by atoms with van der Waals surface area (Å²) in [5.41, 5.74) is -1.88. The third kappa shape index (κ3) is 2.57. The van der Waals surface area contributed by atoms with E-state index in [0.717, 1.165) is 25.7 Å². The first-order valence-corrected chi connectivity index (χ1v) is 11.0. The molecule has 5 nitrogen and oxygen atoms in total. The normalized spacial score (nSPS) is 50.3. The van der Waals surface area contributed by atoms with Crippen LogP contribution in [-0.4, -0.2) is 34.3 Å². The number of ketones is 2. The Kier molecular flexibility index (Phi) is 4.57. The van der Waals surface area contributed by atoms with Gasteiger partial charge in [-0.2, -0.15) is 0 Å². The van der Waals surface area contributed by atoms with Gasteiger partial charge in [-0.15, -0.1) is 0 Å². The maximum atomic E-state index is 13.3. The standard InChI is InChI=1S/C23H34O5/c1-13(24)17-5-6-18-16-11-20(26)23(27)12-15(28-14(2)25)7-10-22(23,4)19(16)8-9-21(17,18)3/h15-19,27H,5-12H2,1-4H3/t15-,16-,17+,18-,19-,21+,22+,23-/m0/s1. The maximum absolute atomic E-state index is 13.3. The van der Waals surface area contributed by atoms with Crippen LogP contribution >= 0.6 is 0 Å². The Labute approximate surface area is 167 Å². The van der Waals surface area contributed by atoms with Crippen molar-refractivity contribution in [2.75, 3.05) is 0 Å². The lowest BCUT2D eigenvalue weighted by Crippen LogP contribution is -2.67. The summed E-state index contributed by atoms with van der Waals surface area (Å²) in [6, 6.07) is 0. The molecule has 0 spiro atoms. The molecular formula is C23H34O5. The van der Waals surface area contributed by atoms with Crippen molar-refractivity contribution in [2.45, 2.75) is 90.8 Å². The molecule has 4 fully saturated rings. The molecule has 1 N–H and O–H groups in total. The first-order chi connectivity index (χ1) is 13.0. The van der Waals surface area contributed by atoms with E-state index in [1.54, 1.807) is 6.92 Å². The fraction of sp³-hybridized carbons (Fsp3) is 0.870. The quantitative estimate of drug-likeness (QED) is 0.730. The van der Waals surface area contributed by atoms with E-state index in [2.05, 4.69) is 13.8 Å². The van der Waals surface area contributed by atoms with Crippen LogP contribution in [0, 0.1) is 34.5 Å². The second-order valence-corrected chi connectivity index (χ2v) is 10.5. The van der Waals surface area contributed by atoms with Crippen molar-refractivity contribution in [3.63, 3.8) is 0 Å². The van der Waals surface area contributed by atoms with Crippen LogP contribution in [0.25, 0.3) is 0 Å². The zero-order valence-corrected chi connectivity index (χ0v) is 17.6. The first-order valence-electron chi connectivity index (χ1n) is 11.0. The summed E-state index contributed by atoms with van der Waals surface area (Å²) in [5.74, 6) is 0.897. The Morgan fingerprint density at radius 2 is 1.75 bits per heavy atom. The Morgan fingerprint density at radius 3 is 2.39 bits per heavy atom. The van der Waals surface area contributed by atoms with Crippen molar-refractivity contribution in [1.82, 2.24) is 0 Å². The predicted octanol–water partition coefficient (Wildman–Crippen LogP) is 3.46. The molecule has 0 saturated heterocycles. The van der Waals surface area contributed by atoms with Gasteiger partial charge in [-0.1, -0.05) is 13.8 Å². The lowest BCUT2D eigenvalue weighted by atomic mass is 9.43. The number of carbonyl (C=O) groups excluding carboxylic acids is 3. The van der Waals surface area contributed by atoms with E-state index in [1.165, 1.54) is 6.92 Å². The number of hydrogen-bond acceptors (Lipinski definition) is 5. The van der Waals surface area contributed by atoms with Gasteiger partial charge in [-0.05, 0) is 68.6 Å². The number of hydrogen-bond donors (Lipinski definition) is 1. The van der Waals surface area contributed by atoms with Gasteiger partial charge in [0.05, 0.1) is 0 Å². The Balaban J connectivity index is 1.64. The van der Waals surface area contributed by atoms with E-state index in [9.17, 15) is 19.5 Å². The van der Waals surface area contributed by atoms with E-state index in [4.69, 9.17) is 4.74 Å². The minimum atomic E-state index is -1.40. The molecule has 0 heterocycles. The van der Waals surface area contributed by atoms with Crippen LogP contribution in [0.15, 0.2) is 0 Å². The maximum Gasteiger partial charge on any atom is 0.302 e. The average Bonchev–Trinajstić information content (AvgIpc) is 2.95. The smallest absolute Gasteiger partial charge is 0.302 e. The molecule has 0 aromatic heterocycles. The third-order valence-corrected chi connectivity index (χ3v) is 9.41. The largest absolute Gasteiger partial charge is 0.462 e. The van der Waals surface area contributed by atoms with Crippen LogP contribution in [0.2, 0.25) is 0 Å². The molecule has 8 atom stereocenters. The molecule has 28 heavy (non-hydrogen) atoms. The number of carbonyl (C=O) groups is 3. The Bertz CT molecular complexity index is 716. The monoisotopic (exact) mass is 390 g/mol. The fourth-order valence-electron chi connectivity index (χ4n) is 8.01. The third-order valence-electron chi connectivity index (χ3n) is 9.41. The molecule has 0 amide bonds. The fourth-order valence-corrected chi connectivity index (χ4v) is 8.01. The molecular weight excluding hydrogens is 356 g/mol. The van der Waals surface area contributed by atoms with Gasteiger partial charge in [0.1, 0.15) is 17.5 Å². The molecule has 0 unspecified atom stereocenters. The van der Waals surface area contributed by atoms with Crippen molar-refractivity contribution in [3.8, 4) is 0 Å². The van der Waals surface area contributed by atoms with Gasteiger partial charge in [0.15, 0.2) is 5.78 Å². The Morgan fingerprint density at radius 1 is 1.04 bits per heavy atom. The molecule has 0 aliphatic heterocycles. The zero-order chi connectivity index (χ0) is 20.5. The first kappa shape index (κ1) is 20.1. The highest BCUT2D eigenvalue weighted by Crippen LogP contribution is 2.67. The van der Waals surface area contributed by atoms with Gasteiger partial charge in [-0.25, -0.2) is 0 Å². The molecule has 4 aliphatic carbocycles. The van der Waals surface area contributed by atoms with Gasteiger partial charge >= 0.3 is 5.97 Å². The number of aliphatic hydroxyl groups is 1. The summed E-state index contributed by atoms with van der Waals surface area (Å²) < 4.78 is 5.37. The minimum Gasteiger partial charge on any atom is -0.462 e. The summed E-state index contributed by atoms with van der Waals surface area (Å²) in [6.07, 6.45) is 5.56. The molecule has 0 radical (unpaired) electrons. The van der Waals surface area contributed by atoms with E-state index in [1.807, 2.05) is 0 Å². The highest BCUT2D eigenvalue weighted by atomic mass is 16.5. The van der Waals surface area contributed by atoms with Gasteiger partial charge in [0.2, 0.25) is 0 Å². The highest BCUT2D eigenvalue weighted by Gasteiger charge is 2.68. The van der Waals surface area contributed by atoms with Crippen molar-refractivity contribution in [3.05, 3.63) is 0 Å². The number of fused-ring (bicyclic) bond motifs is 5. The summed E-state index contributed by atoms with van der Waals surface area (Å²) in [4.78, 5) is 36.9.